The second kappa shape index (κ2) is 24.5. The van der Waals surface area contributed by atoms with Gasteiger partial charge in [0.25, 0.3) is 0 Å². The van der Waals surface area contributed by atoms with Gasteiger partial charge < -0.3 is 50.2 Å². The van der Waals surface area contributed by atoms with Crippen LogP contribution < -0.4 is 24.7 Å². The Morgan fingerprint density at radius 3 is 1.00 bits per heavy atom. The molecule has 7 N–H and O–H groups in total. The quantitative estimate of drug-likeness (QED) is 0.0612. The molecule has 12 nitrogen and oxygen atoms in total. The predicted molar refractivity (Wildman–Crippen MR) is 226 cm³/mol. The van der Waals surface area contributed by atoms with Crippen molar-refractivity contribution in [2.75, 3.05) is 79.9 Å². The number of hydrogen-bond donors (Lipinski definition) is 6. The third-order valence-electron chi connectivity index (χ3n) is 9.84. The lowest BCUT2D eigenvalue weighted by atomic mass is 9.78. The van der Waals surface area contributed by atoms with Crippen molar-refractivity contribution in [3.05, 3.63) is 119 Å². The van der Waals surface area contributed by atoms with Gasteiger partial charge in [0.15, 0.2) is 0 Å². The van der Waals surface area contributed by atoms with Crippen LogP contribution in [-0.4, -0.2) is 128 Å². The maximum atomic E-state index is 10.2. The fourth-order valence-electron chi connectivity index (χ4n) is 6.28. The molecule has 0 aliphatic rings. The molecule has 2 atom stereocenters. The summed E-state index contributed by atoms with van der Waals surface area (Å²) in [5.74, 6) is 2.82. The molecule has 0 spiro atoms. The fourth-order valence-corrected chi connectivity index (χ4v) is 6.28. The van der Waals surface area contributed by atoms with Crippen LogP contribution in [-0.2, 0) is 10.8 Å². The van der Waals surface area contributed by atoms with Crippen LogP contribution in [0.3, 0.4) is 0 Å². The third kappa shape index (κ3) is 15.2. The summed E-state index contributed by atoms with van der Waals surface area (Å²) in [5, 5.41) is 47.5. The lowest BCUT2D eigenvalue weighted by Gasteiger charge is -2.27. The van der Waals surface area contributed by atoms with E-state index >= 15 is 0 Å². The van der Waals surface area contributed by atoms with Crippen molar-refractivity contribution in [2.24, 2.45) is 5.73 Å². The van der Waals surface area contributed by atoms with E-state index in [9.17, 15) is 10.2 Å². The largest absolute Gasteiger partial charge is 0.497 e. The molecule has 0 heterocycles. The van der Waals surface area contributed by atoms with E-state index < -0.39 is 12.6 Å². The van der Waals surface area contributed by atoms with Gasteiger partial charge in [-0.25, -0.2) is 0 Å². The Balaban J connectivity index is 0.000000387. The van der Waals surface area contributed by atoms with Crippen LogP contribution in [0, 0.1) is 0 Å². The lowest BCUT2D eigenvalue weighted by molar-refractivity contribution is -0.0449. The summed E-state index contributed by atoms with van der Waals surface area (Å²) in [6, 6.07) is 31.5. The maximum Gasteiger partial charge on any atom is 0.210 e. The summed E-state index contributed by atoms with van der Waals surface area (Å²) in [4.78, 5) is 3.61. The molecule has 0 saturated heterocycles. The van der Waals surface area contributed by atoms with Gasteiger partial charge in [-0.3, -0.25) is 9.80 Å². The van der Waals surface area contributed by atoms with E-state index in [-0.39, 0.29) is 51.2 Å². The Morgan fingerprint density at radius 1 is 0.491 bits per heavy atom. The molecule has 57 heavy (non-hydrogen) atoms. The standard InChI is InChI=1S/C22H32N2O4.C22H31NO5.CH4/c1-22(2,17-4-8-19(27-3)9-5-17)18-6-10-20(11-7-18)28-21(26)16-24(13-12-23)14-15-25;1-22(2,17-4-8-19(27-3)9-5-17)18-6-10-20(11-7-18)28-21(26)16-23(12-14-24)13-15-25;/h4-11,21,25-26H,12-16,23H2,1-3H3;4-11,21,24-26H,12-16H2,1-3H3;1H4. The molecule has 2 unspecified atom stereocenters. The minimum Gasteiger partial charge on any atom is -0.497 e. The molecule has 0 amide bonds. The number of hydrogen-bond acceptors (Lipinski definition) is 12. The zero-order valence-corrected chi connectivity index (χ0v) is 33.8. The Kier molecular flexibility index (Phi) is 21.0. The first kappa shape index (κ1) is 48.9. The highest BCUT2D eigenvalue weighted by Crippen LogP contribution is 2.34. The van der Waals surface area contributed by atoms with Gasteiger partial charge in [-0.1, -0.05) is 83.7 Å². The number of rotatable bonds is 22. The molecule has 0 bridgehead atoms. The van der Waals surface area contributed by atoms with E-state index in [1.807, 2.05) is 77.7 Å². The number of nitrogens with zero attached hydrogens (tertiary/aromatic N) is 2. The highest BCUT2D eigenvalue weighted by molar-refractivity contribution is 5.43. The molecule has 0 aliphatic heterocycles. The summed E-state index contributed by atoms with van der Waals surface area (Å²) in [6.45, 7) is 11.3. The molecule has 0 aromatic heterocycles. The number of ether oxygens (including phenoxy) is 4. The van der Waals surface area contributed by atoms with Crippen molar-refractivity contribution in [3.63, 3.8) is 0 Å². The van der Waals surface area contributed by atoms with Crippen molar-refractivity contribution in [1.82, 2.24) is 9.80 Å². The third-order valence-corrected chi connectivity index (χ3v) is 9.84. The summed E-state index contributed by atoms with van der Waals surface area (Å²) in [6.07, 6.45) is -2.03. The first-order chi connectivity index (χ1) is 26.8. The number of nitrogens with two attached hydrogens (primary N) is 1. The van der Waals surface area contributed by atoms with E-state index in [1.165, 1.54) is 11.1 Å². The molecule has 4 rings (SSSR count). The van der Waals surface area contributed by atoms with Crippen LogP contribution >= 0.6 is 0 Å². The van der Waals surface area contributed by atoms with Crippen molar-refractivity contribution < 1.29 is 44.5 Å². The molecule has 0 saturated carbocycles. The average molecular weight is 794 g/mol. The zero-order chi connectivity index (χ0) is 41.1. The fraction of sp³-hybridized carbons (Fsp3) is 0.467. The van der Waals surface area contributed by atoms with E-state index in [0.29, 0.717) is 44.2 Å². The second-order valence-electron chi connectivity index (χ2n) is 14.5. The van der Waals surface area contributed by atoms with Crippen LogP contribution in [0.4, 0.5) is 0 Å². The summed E-state index contributed by atoms with van der Waals surface area (Å²) in [5.41, 5.74) is 9.81. The normalized spacial score (nSPS) is 12.6. The molecule has 12 heteroatoms. The minimum absolute atomic E-state index is 0. The molecular formula is C45H67N3O9. The van der Waals surface area contributed by atoms with Gasteiger partial charge in [-0.15, -0.1) is 0 Å². The molecule has 0 radical (unpaired) electrons. The highest BCUT2D eigenvalue weighted by Gasteiger charge is 2.25. The Hall–Kier alpha value is -4.24. The van der Waals surface area contributed by atoms with Crippen molar-refractivity contribution >= 4 is 0 Å². The molecule has 4 aromatic rings. The van der Waals surface area contributed by atoms with E-state index in [1.54, 1.807) is 19.1 Å². The maximum absolute atomic E-state index is 10.2. The van der Waals surface area contributed by atoms with Gasteiger partial charge in [0.1, 0.15) is 23.0 Å². The van der Waals surface area contributed by atoms with Crippen molar-refractivity contribution in [1.29, 1.82) is 0 Å². The van der Waals surface area contributed by atoms with Crippen molar-refractivity contribution in [2.45, 2.75) is 58.5 Å². The predicted octanol–water partition coefficient (Wildman–Crippen LogP) is 4.61. The van der Waals surface area contributed by atoms with Crippen molar-refractivity contribution in [3.8, 4) is 23.0 Å². The number of aliphatic hydroxyl groups excluding tert-OH is 5. The van der Waals surface area contributed by atoms with Gasteiger partial charge in [-0.05, 0) is 70.8 Å². The lowest BCUT2D eigenvalue weighted by Crippen LogP contribution is -2.39. The SMILES string of the molecule is C.COc1ccc(C(C)(C)c2ccc(OC(O)CN(CCN)CCO)cc2)cc1.COc1ccc(C(C)(C)c2ccc(OC(O)CN(CCO)CCO)cc2)cc1. The average Bonchev–Trinajstić information content (AvgIpc) is 3.19. The van der Waals surface area contributed by atoms with Crippen LogP contribution in [0.5, 0.6) is 23.0 Å². The number of aliphatic hydroxyl groups is 5. The minimum atomic E-state index is -1.04. The molecule has 0 fully saturated rings. The van der Waals surface area contributed by atoms with Crippen LogP contribution in [0.1, 0.15) is 57.4 Å². The molecule has 0 aliphatic carbocycles. The summed E-state index contributed by atoms with van der Waals surface area (Å²) >= 11 is 0. The molecular weight excluding hydrogens is 727 g/mol. The van der Waals surface area contributed by atoms with Crippen LogP contribution in [0.2, 0.25) is 0 Å². The highest BCUT2D eigenvalue weighted by atomic mass is 16.6. The van der Waals surface area contributed by atoms with E-state index in [2.05, 4.69) is 52.0 Å². The molecule has 316 valence electrons. The first-order valence-corrected chi connectivity index (χ1v) is 19.0. The Bertz CT molecular complexity index is 1520. The van der Waals surface area contributed by atoms with Crippen LogP contribution in [0.15, 0.2) is 97.1 Å². The van der Waals surface area contributed by atoms with Gasteiger partial charge in [-0.2, -0.15) is 0 Å². The van der Waals surface area contributed by atoms with Crippen LogP contribution in [0.25, 0.3) is 0 Å². The van der Waals surface area contributed by atoms with Gasteiger partial charge in [0.2, 0.25) is 12.6 Å². The first-order valence-electron chi connectivity index (χ1n) is 19.0. The topological polar surface area (TPSA) is 171 Å². The second-order valence-corrected chi connectivity index (χ2v) is 14.5. The smallest absolute Gasteiger partial charge is 0.210 e. The van der Waals surface area contributed by atoms with Gasteiger partial charge in [0, 0.05) is 43.6 Å². The number of benzene rings is 4. The Morgan fingerprint density at radius 2 is 0.754 bits per heavy atom. The summed E-state index contributed by atoms with van der Waals surface area (Å²) < 4.78 is 21.7. The number of methoxy groups -OCH3 is 2. The summed E-state index contributed by atoms with van der Waals surface area (Å²) in [7, 11) is 3.31. The zero-order valence-electron chi connectivity index (χ0n) is 33.8. The Labute approximate surface area is 340 Å². The monoisotopic (exact) mass is 793 g/mol. The molecule has 4 aromatic carbocycles. The van der Waals surface area contributed by atoms with Gasteiger partial charge in [0.05, 0.1) is 47.1 Å². The van der Waals surface area contributed by atoms with Gasteiger partial charge >= 0.3 is 0 Å². The van der Waals surface area contributed by atoms with E-state index in [4.69, 9.17) is 40.0 Å². The van der Waals surface area contributed by atoms with E-state index in [0.717, 1.165) is 22.6 Å².